The highest BCUT2D eigenvalue weighted by Gasteiger charge is 2.19. The van der Waals surface area contributed by atoms with E-state index in [1.807, 2.05) is 18.2 Å². The molecule has 2 heterocycles. The van der Waals surface area contributed by atoms with E-state index < -0.39 is 0 Å². The molecule has 3 nitrogen and oxygen atoms in total. The van der Waals surface area contributed by atoms with Crippen molar-refractivity contribution in [3.05, 3.63) is 169 Å². The quantitative estimate of drug-likeness (QED) is 0.196. The Hall–Kier alpha value is -6.19. The SMILES string of the molecule is Cc1ccc2c(oc3nc4ccccc4n32)c1-c1ccc(-c2cc(-c3ccccc3)c(-c3ccccc3)cc2-c2ccccc2)cc1. The van der Waals surface area contributed by atoms with Crippen molar-refractivity contribution in [2.24, 2.45) is 0 Å². The van der Waals surface area contributed by atoms with E-state index in [2.05, 4.69) is 157 Å². The van der Waals surface area contributed by atoms with Gasteiger partial charge in [-0.3, -0.25) is 4.40 Å². The molecule has 47 heavy (non-hydrogen) atoms. The maximum atomic E-state index is 6.47. The van der Waals surface area contributed by atoms with Crippen molar-refractivity contribution in [3.8, 4) is 55.6 Å². The minimum Gasteiger partial charge on any atom is -0.422 e. The van der Waals surface area contributed by atoms with Crippen molar-refractivity contribution >= 4 is 28.0 Å². The third-order valence-corrected chi connectivity index (χ3v) is 9.21. The number of imidazole rings is 1. The van der Waals surface area contributed by atoms with Gasteiger partial charge < -0.3 is 4.42 Å². The molecule has 0 N–H and O–H groups in total. The molecule has 0 saturated carbocycles. The third-order valence-electron chi connectivity index (χ3n) is 9.21. The number of nitrogens with zero attached hydrogens (tertiary/aromatic N) is 2. The maximum Gasteiger partial charge on any atom is 0.307 e. The Kier molecular flexibility index (Phi) is 6.36. The van der Waals surface area contributed by atoms with Crippen LogP contribution in [0, 0.1) is 6.92 Å². The van der Waals surface area contributed by atoms with E-state index in [1.165, 1.54) is 38.9 Å². The summed E-state index contributed by atoms with van der Waals surface area (Å²) >= 11 is 0. The number of fused-ring (bicyclic) bond motifs is 5. The fourth-order valence-corrected chi connectivity index (χ4v) is 6.93. The van der Waals surface area contributed by atoms with Crippen molar-refractivity contribution in [3.63, 3.8) is 0 Å². The molecule has 9 rings (SSSR count). The van der Waals surface area contributed by atoms with Crippen molar-refractivity contribution in [2.75, 3.05) is 0 Å². The van der Waals surface area contributed by atoms with E-state index in [0.29, 0.717) is 5.84 Å². The Morgan fingerprint density at radius 1 is 0.447 bits per heavy atom. The molecule has 0 aliphatic heterocycles. The summed E-state index contributed by atoms with van der Waals surface area (Å²) in [4.78, 5) is 4.77. The summed E-state index contributed by atoms with van der Waals surface area (Å²) in [6.45, 7) is 2.15. The molecule has 0 fully saturated rings. The van der Waals surface area contributed by atoms with Crippen LogP contribution in [0.5, 0.6) is 0 Å². The Morgan fingerprint density at radius 2 is 0.915 bits per heavy atom. The zero-order valence-electron chi connectivity index (χ0n) is 25.9. The van der Waals surface area contributed by atoms with Gasteiger partial charge >= 0.3 is 5.84 Å². The number of oxazole rings is 1. The fraction of sp³-hybridized carbons (Fsp3) is 0.0227. The first-order valence-corrected chi connectivity index (χ1v) is 16.0. The van der Waals surface area contributed by atoms with Crippen molar-refractivity contribution in [1.82, 2.24) is 9.38 Å². The molecule has 0 aliphatic rings. The number of para-hydroxylation sites is 2. The molecule has 9 aromatic rings. The molecule has 7 aromatic carbocycles. The molecule has 0 bridgehead atoms. The van der Waals surface area contributed by atoms with Gasteiger partial charge in [-0.25, -0.2) is 0 Å². The lowest BCUT2D eigenvalue weighted by molar-refractivity contribution is 0.644. The molecule has 0 radical (unpaired) electrons. The standard InChI is InChI=1S/C44H30N2O/c1-29-21-26-41-43(47-44-45-39-19-11-12-20-40(39)46(41)44)42(29)34-24-22-33(23-25-34)38-28-36(31-15-7-3-8-16-31)35(30-13-5-2-6-14-30)27-37(38)32-17-9-4-10-18-32/h2-28H,1H3. The van der Waals surface area contributed by atoms with E-state index in [0.717, 1.165) is 44.4 Å². The zero-order valence-corrected chi connectivity index (χ0v) is 25.9. The summed E-state index contributed by atoms with van der Waals surface area (Å²) in [5.74, 6) is 0.615. The van der Waals surface area contributed by atoms with Crippen LogP contribution >= 0.6 is 0 Å². The third kappa shape index (κ3) is 4.55. The van der Waals surface area contributed by atoms with Gasteiger partial charge in [-0.15, -0.1) is 0 Å². The first kappa shape index (κ1) is 27.1. The lowest BCUT2D eigenvalue weighted by Crippen LogP contribution is -1.93. The van der Waals surface area contributed by atoms with Gasteiger partial charge in [0.15, 0.2) is 5.58 Å². The summed E-state index contributed by atoms with van der Waals surface area (Å²) in [6, 6.07) is 58.2. The minimum atomic E-state index is 0.615. The van der Waals surface area contributed by atoms with Crippen LogP contribution < -0.4 is 0 Å². The van der Waals surface area contributed by atoms with Crippen molar-refractivity contribution < 1.29 is 4.42 Å². The normalized spacial score (nSPS) is 11.5. The highest BCUT2D eigenvalue weighted by Crippen LogP contribution is 2.43. The van der Waals surface area contributed by atoms with Crippen molar-refractivity contribution in [1.29, 1.82) is 0 Å². The molecule has 3 heteroatoms. The number of aromatic nitrogens is 2. The lowest BCUT2D eigenvalue weighted by atomic mass is 9.85. The second-order valence-corrected chi connectivity index (χ2v) is 12.0. The molecule has 0 spiro atoms. The average molecular weight is 603 g/mol. The molecule has 0 unspecified atom stereocenters. The highest BCUT2D eigenvalue weighted by atomic mass is 16.4. The lowest BCUT2D eigenvalue weighted by Gasteiger charge is -2.18. The summed E-state index contributed by atoms with van der Waals surface area (Å²) in [6.07, 6.45) is 0. The second-order valence-electron chi connectivity index (χ2n) is 12.0. The molecule has 0 atom stereocenters. The number of hydrogen-bond donors (Lipinski definition) is 0. The van der Waals surface area contributed by atoms with Gasteiger partial charge in [0.05, 0.1) is 16.6 Å². The molecule has 222 valence electrons. The Bertz CT molecular complexity index is 2540. The molecular weight excluding hydrogens is 572 g/mol. The largest absolute Gasteiger partial charge is 0.422 e. The van der Waals surface area contributed by atoms with Crippen LogP contribution in [0.1, 0.15) is 5.56 Å². The predicted molar refractivity (Wildman–Crippen MR) is 194 cm³/mol. The Morgan fingerprint density at radius 3 is 1.47 bits per heavy atom. The van der Waals surface area contributed by atoms with Gasteiger partial charge in [0.1, 0.15) is 0 Å². The van der Waals surface area contributed by atoms with Gasteiger partial charge in [-0.1, -0.05) is 133 Å². The number of aryl methyl sites for hydroxylation is 1. The summed E-state index contributed by atoms with van der Waals surface area (Å²) < 4.78 is 8.59. The Balaban J connectivity index is 1.23. The molecule has 2 aromatic heterocycles. The average Bonchev–Trinajstić information content (AvgIpc) is 3.68. The highest BCUT2D eigenvalue weighted by molar-refractivity contribution is 5.99. The zero-order chi connectivity index (χ0) is 31.3. The van der Waals surface area contributed by atoms with E-state index in [4.69, 9.17) is 9.40 Å². The molecule has 0 saturated heterocycles. The number of rotatable bonds is 5. The smallest absolute Gasteiger partial charge is 0.307 e. The fourth-order valence-electron chi connectivity index (χ4n) is 6.93. The second kappa shape index (κ2) is 11.0. The van der Waals surface area contributed by atoms with Crippen LogP contribution in [-0.4, -0.2) is 9.38 Å². The van der Waals surface area contributed by atoms with Gasteiger partial charge in [0.25, 0.3) is 0 Å². The van der Waals surface area contributed by atoms with Crippen LogP contribution in [-0.2, 0) is 0 Å². The van der Waals surface area contributed by atoms with Crippen LogP contribution in [0.25, 0.3) is 83.6 Å². The van der Waals surface area contributed by atoms with E-state index in [9.17, 15) is 0 Å². The molecule has 0 aliphatic carbocycles. The summed E-state index contributed by atoms with van der Waals surface area (Å²) in [5.41, 5.74) is 16.8. The van der Waals surface area contributed by atoms with Crippen LogP contribution in [0.4, 0.5) is 0 Å². The van der Waals surface area contributed by atoms with Gasteiger partial charge in [0.2, 0.25) is 0 Å². The number of hydrogen-bond acceptors (Lipinski definition) is 2. The topological polar surface area (TPSA) is 30.4 Å². The maximum absolute atomic E-state index is 6.47. The van der Waals surface area contributed by atoms with Gasteiger partial charge in [-0.2, -0.15) is 4.98 Å². The first-order chi connectivity index (χ1) is 23.2. The van der Waals surface area contributed by atoms with E-state index in [-0.39, 0.29) is 0 Å². The minimum absolute atomic E-state index is 0.615. The van der Waals surface area contributed by atoms with Crippen molar-refractivity contribution in [2.45, 2.75) is 6.92 Å². The Labute approximate surface area is 273 Å². The van der Waals surface area contributed by atoms with Crippen LogP contribution in [0.2, 0.25) is 0 Å². The molecule has 0 amide bonds. The van der Waals surface area contributed by atoms with Crippen LogP contribution in [0.3, 0.4) is 0 Å². The summed E-state index contributed by atoms with van der Waals surface area (Å²) in [5, 5.41) is 0. The van der Waals surface area contributed by atoms with Gasteiger partial charge in [0, 0.05) is 5.56 Å². The number of benzene rings is 7. The summed E-state index contributed by atoms with van der Waals surface area (Å²) in [7, 11) is 0. The molecular formula is C44H30N2O. The van der Waals surface area contributed by atoms with E-state index in [1.54, 1.807) is 0 Å². The van der Waals surface area contributed by atoms with Gasteiger partial charge in [-0.05, 0) is 92.9 Å². The monoisotopic (exact) mass is 602 g/mol. The first-order valence-electron chi connectivity index (χ1n) is 16.0. The predicted octanol–water partition coefficient (Wildman–Crippen LogP) is 11.9. The van der Waals surface area contributed by atoms with Crippen LogP contribution in [0.15, 0.2) is 168 Å². The van der Waals surface area contributed by atoms with E-state index >= 15 is 0 Å².